The minimum absolute atomic E-state index is 0. The Morgan fingerprint density at radius 1 is 1.00 bits per heavy atom. The van der Waals surface area contributed by atoms with E-state index in [1.54, 1.807) is 13.2 Å². The highest BCUT2D eigenvalue weighted by Gasteiger charge is 2.26. The first-order chi connectivity index (χ1) is 18.3. The van der Waals surface area contributed by atoms with Crippen molar-refractivity contribution in [1.29, 1.82) is 0 Å². The van der Waals surface area contributed by atoms with Gasteiger partial charge in [-0.2, -0.15) is 8.42 Å². The first-order valence-electron chi connectivity index (χ1n) is 12.9. The van der Waals surface area contributed by atoms with Crippen molar-refractivity contribution in [3.63, 3.8) is 0 Å². The minimum Gasteiger partial charge on any atom is -0.495 e. The Morgan fingerprint density at radius 3 is 2.48 bits per heavy atom. The van der Waals surface area contributed by atoms with Crippen LogP contribution >= 0.6 is 24.8 Å². The lowest BCUT2D eigenvalue weighted by atomic mass is 9.96. The highest BCUT2D eigenvalue weighted by atomic mass is 35.5. The molecule has 0 saturated carbocycles. The zero-order valence-electron chi connectivity index (χ0n) is 22.5. The van der Waals surface area contributed by atoms with E-state index in [2.05, 4.69) is 16.3 Å². The Balaban J connectivity index is 0.00000220. The molecule has 0 bridgehead atoms. The minimum atomic E-state index is -4.32. The van der Waals surface area contributed by atoms with E-state index in [9.17, 15) is 13.0 Å². The number of methoxy groups -OCH3 is 1. The molecule has 0 amide bonds. The largest absolute Gasteiger partial charge is 0.495 e. The molecule has 40 heavy (non-hydrogen) atoms. The molecule has 2 heterocycles. The van der Waals surface area contributed by atoms with E-state index in [1.165, 1.54) is 12.1 Å². The maximum Gasteiger partial charge on any atom is 0.294 e. The number of hydrogen-bond acceptors (Lipinski definition) is 7. The van der Waals surface area contributed by atoms with Crippen molar-refractivity contribution >= 4 is 40.6 Å². The average Bonchev–Trinajstić information content (AvgIpc) is 2.93. The molecule has 2 aliphatic heterocycles. The number of piperidine rings is 1. The summed E-state index contributed by atoms with van der Waals surface area (Å²) in [5.74, 6) is 2.71. The third-order valence-electron chi connectivity index (χ3n) is 7.33. The third-order valence-corrected chi connectivity index (χ3v) is 8.18. The summed E-state index contributed by atoms with van der Waals surface area (Å²) in [6.07, 6.45) is 2.02. The molecule has 0 aliphatic carbocycles. The van der Waals surface area contributed by atoms with Gasteiger partial charge in [-0.1, -0.05) is 30.3 Å². The maximum atomic E-state index is 11.7. The van der Waals surface area contributed by atoms with E-state index in [1.807, 2.05) is 43.3 Å². The number of aryl methyl sites for hydroxylation is 1. The lowest BCUT2D eigenvalue weighted by molar-refractivity contribution is 0.0901. The van der Waals surface area contributed by atoms with Crippen molar-refractivity contribution < 1.29 is 27.2 Å². The summed E-state index contributed by atoms with van der Waals surface area (Å²) >= 11 is 0. The van der Waals surface area contributed by atoms with Gasteiger partial charge < -0.3 is 24.4 Å². The van der Waals surface area contributed by atoms with E-state index in [4.69, 9.17) is 14.2 Å². The summed E-state index contributed by atoms with van der Waals surface area (Å²) < 4.78 is 50.9. The van der Waals surface area contributed by atoms with Crippen LogP contribution in [0.2, 0.25) is 0 Å². The van der Waals surface area contributed by atoms with Gasteiger partial charge >= 0.3 is 0 Å². The van der Waals surface area contributed by atoms with Crippen LogP contribution in [0.25, 0.3) is 11.1 Å². The van der Waals surface area contributed by atoms with Crippen LogP contribution in [0.5, 0.6) is 17.2 Å². The van der Waals surface area contributed by atoms with Gasteiger partial charge in [-0.15, -0.1) is 24.8 Å². The van der Waals surface area contributed by atoms with Gasteiger partial charge in [0.05, 0.1) is 17.7 Å². The first-order valence-corrected chi connectivity index (χ1v) is 14.4. The standard InChI is InChI=1S/C29H34N2O6S.2ClH/c1-20-10-11-23(38(32,33)34)16-25(20)24-6-5-9-28-29(24)37-22(19-36-28)18-30-17-21-12-14-31(15-13-21)26-7-3-4-8-27(26)35-2;;/h3-11,16,21-22,30H,12-15,17-19H2,1-2H3,(H,32,33,34);2*1H. The summed E-state index contributed by atoms with van der Waals surface area (Å²) in [6.45, 7) is 5.86. The fraction of sp³-hybridized carbons (Fsp3) is 0.379. The number of para-hydroxylation sites is 3. The molecule has 0 spiro atoms. The van der Waals surface area contributed by atoms with Gasteiger partial charge in [0.2, 0.25) is 0 Å². The van der Waals surface area contributed by atoms with Crippen molar-refractivity contribution in [1.82, 2.24) is 5.32 Å². The van der Waals surface area contributed by atoms with Crippen molar-refractivity contribution in [3.8, 4) is 28.4 Å². The summed E-state index contributed by atoms with van der Waals surface area (Å²) in [6, 6.07) is 18.3. The first kappa shape index (κ1) is 31.8. The number of fused-ring (bicyclic) bond motifs is 1. The van der Waals surface area contributed by atoms with Gasteiger partial charge in [-0.25, -0.2) is 0 Å². The number of nitrogens with zero attached hydrogens (tertiary/aromatic N) is 1. The molecular formula is C29H36Cl2N2O6S. The Bertz CT molecular complexity index is 1400. The van der Waals surface area contributed by atoms with E-state index in [-0.39, 0.29) is 35.8 Å². The topological polar surface area (TPSA) is 97.3 Å². The van der Waals surface area contributed by atoms with E-state index >= 15 is 0 Å². The molecule has 5 rings (SSSR count). The molecule has 218 valence electrons. The lowest BCUT2D eigenvalue weighted by Crippen LogP contribution is -2.42. The highest BCUT2D eigenvalue weighted by molar-refractivity contribution is 7.85. The Labute approximate surface area is 248 Å². The number of nitrogens with one attached hydrogen (secondary N) is 1. The fourth-order valence-corrected chi connectivity index (χ4v) is 5.72. The maximum absolute atomic E-state index is 11.7. The van der Waals surface area contributed by atoms with Crippen LogP contribution < -0.4 is 24.4 Å². The SMILES string of the molecule is COc1ccccc1N1CCC(CNCC2COc3cccc(-c4cc(S(=O)(=O)O)ccc4C)c3O2)CC1.Cl.Cl. The molecule has 3 aromatic rings. The Kier molecular flexibility index (Phi) is 11.0. The normalized spacial score (nSPS) is 17.0. The van der Waals surface area contributed by atoms with Gasteiger partial charge in [-0.3, -0.25) is 4.55 Å². The second kappa shape index (κ2) is 13.8. The molecule has 0 aromatic heterocycles. The van der Waals surface area contributed by atoms with Gasteiger partial charge in [0.25, 0.3) is 10.1 Å². The second-order valence-corrected chi connectivity index (χ2v) is 11.3. The summed E-state index contributed by atoms with van der Waals surface area (Å²) in [7, 11) is -2.61. The average molecular weight is 612 g/mol. The van der Waals surface area contributed by atoms with Crippen LogP contribution in [0, 0.1) is 12.8 Å². The molecule has 8 nitrogen and oxygen atoms in total. The van der Waals surface area contributed by atoms with Crippen molar-refractivity contribution in [3.05, 3.63) is 66.2 Å². The molecule has 1 unspecified atom stereocenters. The molecule has 1 atom stereocenters. The lowest BCUT2D eigenvalue weighted by Gasteiger charge is -2.35. The molecule has 0 radical (unpaired) electrons. The van der Waals surface area contributed by atoms with Crippen molar-refractivity contribution in [2.45, 2.75) is 30.8 Å². The van der Waals surface area contributed by atoms with Gasteiger partial charge in [0, 0.05) is 25.2 Å². The number of rotatable bonds is 8. The number of hydrogen-bond donors (Lipinski definition) is 2. The number of halogens is 2. The molecule has 1 fully saturated rings. The highest BCUT2D eigenvalue weighted by Crippen LogP contribution is 2.42. The zero-order chi connectivity index (χ0) is 26.7. The van der Waals surface area contributed by atoms with Crippen LogP contribution in [-0.2, 0) is 10.1 Å². The molecule has 1 saturated heterocycles. The van der Waals surface area contributed by atoms with Crippen LogP contribution in [0.3, 0.4) is 0 Å². The smallest absolute Gasteiger partial charge is 0.294 e. The summed E-state index contributed by atoms with van der Waals surface area (Å²) in [5, 5.41) is 3.57. The summed E-state index contributed by atoms with van der Waals surface area (Å²) in [4.78, 5) is 2.24. The van der Waals surface area contributed by atoms with Crippen LogP contribution in [0.1, 0.15) is 18.4 Å². The number of ether oxygens (including phenoxy) is 3. The third kappa shape index (κ3) is 7.14. The second-order valence-electron chi connectivity index (χ2n) is 9.90. The predicted molar refractivity (Wildman–Crippen MR) is 162 cm³/mol. The number of anilines is 1. The number of benzene rings is 3. The zero-order valence-corrected chi connectivity index (χ0v) is 25.0. The van der Waals surface area contributed by atoms with Gasteiger partial charge in [-0.05, 0) is 73.7 Å². The van der Waals surface area contributed by atoms with E-state index in [0.29, 0.717) is 36.1 Å². The Hall–Kier alpha value is -2.69. The van der Waals surface area contributed by atoms with Crippen molar-refractivity contribution in [2.75, 3.05) is 44.8 Å². The van der Waals surface area contributed by atoms with Gasteiger partial charge in [0.15, 0.2) is 11.5 Å². The van der Waals surface area contributed by atoms with Crippen LogP contribution in [-0.4, -0.2) is 59.0 Å². The molecule has 2 aliphatic rings. The van der Waals surface area contributed by atoms with Gasteiger partial charge in [0.1, 0.15) is 18.5 Å². The van der Waals surface area contributed by atoms with E-state index < -0.39 is 10.1 Å². The molecule has 11 heteroatoms. The Morgan fingerprint density at radius 2 is 1.75 bits per heavy atom. The molecule has 3 aromatic carbocycles. The quantitative estimate of drug-likeness (QED) is 0.327. The molecular weight excluding hydrogens is 575 g/mol. The fourth-order valence-electron chi connectivity index (χ4n) is 5.22. The predicted octanol–water partition coefficient (Wildman–Crippen LogP) is 5.41. The van der Waals surface area contributed by atoms with E-state index in [0.717, 1.165) is 55.0 Å². The monoisotopic (exact) mass is 610 g/mol. The summed E-state index contributed by atoms with van der Waals surface area (Å²) in [5.41, 5.74) is 3.44. The van der Waals surface area contributed by atoms with Crippen LogP contribution in [0.4, 0.5) is 5.69 Å². The van der Waals surface area contributed by atoms with Crippen LogP contribution in [0.15, 0.2) is 65.6 Å². The van der Waals surface area contributed by atoms with Crippen molar-refractivity contribution in [2.24, 2.45) is 5.92 Å². The molecule has 2 N–H and O–H groups in total.